The summed E-state index contributed by atoms with van der Waals surface area (Å²) in [7, 11) is 0. The lowest BCUT2D eigenvalue weighted by Crippen LogP contribution is -2.26. The number of benzene rings is 2. The molecule has 0 bridgehead atoms. The van der Waals surface area contributed by atoms with Gasteiger partial charge in [0.1, 0.15) is 11.3 Å². The Morgan fingerprint density at radius 1 is 1.15 bits per heavy atom. The first-order valence-corrected chi connectivity index (χ1v) is 8.89. The van der Waals surface area contributed by atoms with E-state index in [1.54, 1.807) is 12.1 Å². The first kappa shape index (κ1) is 19.4. The van der Waals surface area contributed by atoms with Crippen molar-refractivity contribution in [1.29, 1.82) is 0 Å². The van der Waals surface area contributed by atoms with Crippen molar-refractivity contribution in [2.45, 2.75) is 25.5 Å². The van der Waals surface area contributed by atoms with Gasteiger partial charge < -0.3 is 19.6 Å². The molecule has 142 valence electrons. The van der Waals surface area contributed by atoms with Gasteiger partial charge in [0.25, 0.3) is 0 Å². The average Bonchev–Trinajstić information content (AvgIpc) is 3.17. The van der Waals surface area contributed by atoms with Crippen LogP contribution >= 0.6 is 12.4 Å². The van der Waals surface area contributed by atoms with Crippen LogP contribution in [0.5, 0.6) is 5.75 Å². The van der Waals surface area contributed by atoms with E-state index >= 15 is 0 Å². The zero-order chi connectivity index (χ0) is 17.9. The fourth-order valence-electron chi connectivity index (χ4n) is 3.46. The molecule has 0 radical (unpaired) electrons. The van der Waals surface area contributed by atoms with Crippen LogP contribution in [0.25, 0.3) is 22.1 Å². The van der Waals surface area contributed by atoms with Crippen LogP contribution in [0.1, 0.15) is 18.4 Å². The van der Waals surface area contributed by atoms with Crippen LogP contribution in [-0.4, -0.2) is 24.4 Å². The number of rotatable bonds is 5. The van der Waals surface area contributed by atoms with Crippen LogP contribution in [0, 0.1) is 0 Å². The summed E-state index contributed by atoms with van der Waals surface area (Å²) in [6, 6.07) is 14.6. The number of phenolic OH excluding ortho intramolecular Hbond substituents is 1. The Balaban J connectivity index is 0.00000210. The molecule has 6 heteroatoms. The summed E-state index contributed by atoms with van der Waals surface area (Å²) in [6.45, 7) is 1.92. The largest absolute Gasteiger partial charge is 0.507 e. The molecule has 1 aliphatic heterocycles. The molecule has 2 aromatic carbocycles. The highest BCUT2D eigenvalue weighted by atomic mass is 35.5. The van der Waals surface area contributed by atoms with Crippen molar-refractivity contribution < 1.29 is 14.3 Å². The molecule has 1 aromatic heterocycles. The van der Waals surface area contributed by atoms with E-state index in [-0.39, 0.29) is 24.3 Å². The number of phenols is 1. The number of halogens is 1. The van der Waals surface area contributed by atoms with Crippen molar-refractivity contribution in [2.24, 2.45) is 0 Å². The second kappa shape index (κ2) is 8.57. The Morgan fingerprint density at radius 2 is 1.96 bits per heavy atom. The van der Waals surface area contributed by atoms with Gasteiger partial charge in [0.05, 0.1) is 11.7 Å². The van der Waals surface area contributed by atoms with Gasteiger partial charge in [-0.1, -0.05) is 30.3 Å². The maximum absolute atomic E-state index is 12.1. The van der Waals surface area contributed by atoms with Gasteiger partial charge in [0.15, 0.2) is 0 Å². The monoisotopic (exact) mass is 387 g/mol. The number of fused-ring (bicyclic) bond motifs is 1. The average molecular weight is 388 g/mol. The van der Waals surface area contributed by atoms with Crippen LogP contribution in [0.4, 0.5) is 0 Å². The van der Waals surface area contributed by atoms with E-state index in [4.69, 9.17) is 9.15 Å². The van der Waals surface area contributed by atoms with Crippen molar-refractivity contribution in [2.75, 3.05) is 13.2 Å². The summed E-state index contributed by atoms with van der Waals surface area (Å²) >= 11 is 0. The van der Waals surface area contributed by atoms with E-state index < -0.39 is 5.63 Å². The van der Waals surface area contributed by atoms with E-state index in [1.807, 2.05) is 30.3 Å². The second-order valence-corrected chi connectivity index (χ2v) is 6.55. The van der Waals surface area contributed by atoms with Crippen molar-refractivity contribution >= 4 is 23.4 Å². The van der Waals surface area contributed by atoms with Crippen molar-refractivity contribution in [3.05, 3.63) is 64.5 Å². The van der Waals surface area contributed by atoms with Crippen LogP contribution in [0.2, 0.25) is 0 Å². The van der Waals surface area contributed by atoms with Crippen molar-refractivity contribution in [3.8, 4) is 16.9 Å². The fourth-order valence-corrected chi connectivity index (χ4v) is 3.46. The van der Waals surface area contributed by atoms with Gasteiger partial charge in [-0.3, -0.25) is 0 Å². The predicted octanol–water partition coefficient (Wildman–Crippen LogP) is 3.86. The Kier molecular flexibility index (Phi) is 6.16. The van der Waals surface area contributed by atoms with Crippen molar-refractivity contribution in [1.82, 2.24) is 5.32 Å². The van der Waals surface area contributed by atoms with E-state index in [0.717, 1.165) is 36.0 Å². The fraction of sp³-hybridized carbons (Fsp3) is 0.286. The molecule has 1 aliphatic rings. The number of aromatic hydroxyl groups is 1. The maximum Gasteiger partial charge on any atom is 0.336 e. The molecule has 0 aliphatic carbocycles. The van der Waals surface area contributed by atoms with Crippen LogP contribution in [0.15, 0.2) is 57.7 Å². The van der Waals surface area contributed by atoms with Crippen LogP contribution < -0.4 is 10.9 Å². The summed E-state index contributed by atoms with van der Waals surface area (Å²) in [6.07, 6.45) is 2.34. The van der Waals surface area contributed by atoms with Gasteiger partial charge in [-0.05, 0) is 36.1 Å². The molecule has 0 amide bonds. The third kappa shape index (κ3) is 4.16. The zero-order valence-corrected chi connectivity index (χ0v) is 15.6. The summed E-state index contributed by atoms with van der Waals surface area (Å²) in [4.78, 5) is 12.1. The quantitative estimate of drug-likeness (QED) is 0.650. The van der Waals surface area contributed by atoms with E-state index in [0.29, 0.717) is 24.2 Å². The van der Waals surface area contributed by atoms with Gasteiger partial charge in [-0.25, -0.2) is 4.79 Å². The third-order valence-electron chi connectivity index (χ3n) is 4.77. The molecule has 5 nitrogen and oxygen atoms in total. The molecule has 2 heterocycles. The molecule has 4 rings (SSSR count). The van der Waals surface area contributed by atoms with Crippen LogP contribution in [0.3, 0.4) is 0 Å². The molecule has 0 spiro atoms. The third-order valence-corrected chi connectivity index (χ3v) is 4.77. The minimum Gasteiger partial charge on any atom is -0.507 e. The summed E-state index contributed by atoms with van der Waals surface area (Å²) in [5.41, 5.74) is 2.33. The summed E-state index contributed by atoms with van der Waals surface area (Å²) < 4.78 is 11.1. The van der Waals surface area contributed by atoms with E-state index in [9.17, 15) is 9.90 Å². The smallest absolute Gasteiger partial charge is 0.336 e. The molecule has 1 unspecified atom stereocenters. The highest BCUT2D eigenvalue weighted by Gasteiger charge is 2.17. The molecule has 1 atom stereocenters. The van der Waals surface area contributed by atoms with Crippen molar-refractivity contribution in [3.63, 3.8) is 0 Å². The first-order chi connectivity index (χ1) is 12.7. The summed E-state index contributed by atoms with van der Waals surface area (Å²) in [5.74, 6) is 0.116. The Hall–Kier alpha value is -2.34. The van der Waals surface area contributed by atoms with Gasteiger partial charge in [0.2, 0.25) is 0 Å². The van der Waals surface area contributed by atoms with Gasteiger partial charge in [-0.2, -0.15) is 0 Å². The SMILES string of the molecule is Cl.O=c1cc(-c2ccccc2)c2ccc(O)c(CNCC3CCCO3)c2o1. The van der Waals surface area contributed by atoms with Crippen LogP contribution in [-0.2, 0) is 11.3 Å². The molecular weight excluding hydrogens is 366 g/mol. The normalized spacial score (nSPS) is 16.4. The highest BCUT2D eigenvalue weighted by Crippen LogP contribution is 2.33. The molecule has 2 N–H and O–H groups in total. The number of nitrogens with one attached hydrogen (secondary N) is 1. The van der Waals surface area contributed by atoms with E-state index in [1.165, 1.54) is 6.07 Å². The molecule has 1 saturated heterocycles. The Bertz CT molecular complexity index is 965. The number of hydrogen-bond acceptors (Lipinski definition) is 5. The summed E-state index contributed by atoms with van der Waals surface area (Å²) in [5, 5.41) is 14.4. The second-order valence-electron chi connectivity index (χ2n) is 6.55. The molecule has 27 heavy (non-hydrogen) atoms. The minimum absolute atomic E-state index is 0. The molecule has 3 aromatic rings. The lowest BCUT2D eigenvalue weighted by Gasteiger charge is -2.14. The Morgan fingerprint density at radius 3 is 2.70 bits per heavy atom. The Labute approximate surface area is 163 Å². The number of hydrogen-bond donors (Lipinski definition) is 2. The van der Waals surface area contributed by atoms with Gasteiger partial charge in [-0.15, -0.1) is 12.4 Å². The van der Waals surface area contributed by atoms with Gasteiger partial charge >= 0.3 is 5.63 Å². The standard InChI is InChI=1S/C21H21NO4.ClH/c23-19-9-8-16-17(14-5-2-1-3-6-14)11-20(24)26-21(16)18(19)13-22-12-15-7-4-10-25-15;/h1-3,5-6,8-9,11,15,22-23H,4,7,10,12-13H2;1H. The predicted molar refractivity (Wildman–Crippen MR) is 108 cm³/mol. The maximum atomic E-state index is 12.1. The molecule has 1 fully saturated rings. The topological polar surface area (TPSA) is 71.7 Å². The highest BCUT2D eigenvalue weighted by molar-refractivity contribution is 5.95. The molecular formula is C21H22ClNO4. The molecule has 0 saturated carbocycles. The van der Waals surface area contributed by atoms with Gasteiger partial charge in [0, 0.05) is 31.1 Å². The number of ether oxygens (including phenoxy) is 1. The minimum atomic E-state index is -0.428. The lowest BCUT2D eigenvalue weighted by atomic mass is 9.99. The van der Waals surface area contributed by atoms with E-state index in [2.05, 4.69) is 5.32 Å². The zero-order valence-electron chi connectivity index (χ0n) is 14.8. The first-order valence-electron chi connectivity index (χ1n) is 8.89. The lowest BCUT2D eigenvalue weighted by molar-refractivity contribution is 0.110.